The first-order chi connectivity index (χ1) is 13.3. The lowest BCUT2D eigenvalue weighted by Gasteiger charge is -2.18. The number of carboxylic acid groups (broad SMARTS) is 1. The Bertz CT molecular complexity index is 833. The van der Waals surface area contributed by atoms with E-state index in [1.807, 2.05) is 48.5 Å². The van der Waals surface area contributed by atoms with E-state index in [1.165, 1.54) is 0 Å². The molecule has 0 unspecified atom stereocenters. The molecule has 0 aliphatic heterocycles. The number of amides is 1. The van der Waals surface area contributed by atoms with Crippen molar-refractivity contribution in [1.82, 2.24) is 5.32 Å². The van der Waals surface area contributed by atoms with Crippen LogP contribution < -0.4 is 5.32 Å². The number of ether oxygens (including phenoxy) is 1. The van der Waals surface area contributed by atoms with Gasteiger partial charge in [-0.3, -0.25) is 0 Å². The minimum Gasteiger partial charge on any atom is -0.480 e. The smallest absolute Gasteiger partial charge is 0.407 e. The van der Waals surface area contributed by atoms with E-state index in [1.54, 1.807) is 0 Å². The van der Waals surface area contributed by atoms with E-state index in [-0.39, 0.29) is 18.9 Å². The molecular formula is C21H21F2NO4. The molecule has 7 heteroatoms. The van der Waals surface area contributed by atoms with Crippen molar-refractivity contribution in [2.24, 2.45) is 0 Å². The molecule has 0 heterocycles. The summed E-state index contributed by atoms with van der Waals surface area (Å²) in [5, 5.41) is 11.3. The van der Waals surface area contributed by atoms with Crippen LogP contribution >= 0.6 is 0 Å². The molecule has 5 nitrogen and oxygen atoms in total. The van der Waals surface area contributed by atoms with Crippen LogP contribution in [0.3, 0.4) is 0 Å². The molecule has 2 N–H and O–H groups in total. The number of aliphatic carboxylic acids is 1. The number of carbonyl (C=O) groups is 2. The second-order valence-corrected chi connectivity index (χ2v) is 6.97. The predicted molar refractivity (Wildman–Crippen MR) is 99.5 cm³/mol. The summed E-state index contributed by atoms with van der Waals surface area (Å²) in [5.41, 5.74) is 4.19. The minimum atomic E-state index is -3.00. The number of benzene rings is 2. The number of alkyl halides is 2. The van der Waals surface area contributed by atoms with E-state index >= 15 is 0 Å². The van der Waals surface area contributed by atoms with Gasteiger partial charge in [0.25, 0.3) is 0 Å². The van der Waals surface area contributed by atoms with Crippen LogP contribution in [0.25, 0.3) is 11.1 Å². The summed E-state index contributed by atoms with van der Waals surface area (Å²) in [7, 11) is 0. The number of hydrogen-bond acceptors (Lipinski definition) is 3. The normalized spacial score (nSPS) is 14.1. The van der Waals surface area contributed by atoms with Crippen LogP contribution in [0.5, 0.6) is 0 Å². The van der Waals surface area contributed by atoms with E-state index in [0.29, 0.717) is 6.92 Å². The molecule has 0 aromatic heterocycles. The first-order valence-electron chi connectivity index (χ1n) is 8.98. The quantitative estimate of drug-likeness (QED) is 0.735. The molecule has 1 amide bonds. The van der Waals surface area contributed by atoms with E-state index in [0.717, 1.165) is 22.3 Å². The van der Waals surface area contributed by atoms with Crippen LogP contribution in [-0.4, -0.2) is 35.7 Å². The second-order valence-electron chi connectivity index (χ2n) is 6.97. The molecule has 0 saturated heterocycles. The van der Waals surface area contributed by atoms with Crippen LogP contribution in [0, 0.1) is 0 Å². The largest absolute Gasteiger partial charge is 0.480 e. The summed E-state index contributed by atoms with van der Waals surface area (Å²) in [4.78, 5) is 23.3. The molecule has 2 aromatic rings. The highest BCUT2D eigenvalue weighted by Crippen LogP contribution is 2.44. The van der Waals surface area contributed by atoms with Crippen molar-refractivity contribution in [3.63, 3.8) is 0 Å². The fraction of sp³-hybridized carbons (Fsp3) is 0.333. The molecule has 0 spiro atoms. The summed E-state index contributed by atoms with van der Waals surface area (Å²) < 4.78 is 31.2. The van der Waals surface area contributed by atoms with Crippen molar-refractivity contribution in [2.75, 3.05) is 6.61 Å². The third-order valence-electron chi connectivity index (χ3n) is 4.81. The average Bonchev–Trinajstić information content (AvgIpc) is 2.96. The van der Waals surface area contributed by atoms with Gasteiger partial charge in [-0.05, 0) is 35.6 Å². The first-order valence-corrected chi connectivity index (χ1v) is 8.98. The van der Waals surface area contributed by atoms with Gasteiger partial charge in [0.2, 0.25) is 5.92 Å². The molecule has 1 atom stereocenters. The summed E-state index contributed by atoms with van der Waals surface area (Å²) in [6.07, 6.45) is -1.97. The number of nitrogens with one attached hydrogen (secondary N) is 1. The van der Waals surface area contributed by atoms with E-state index < -0.39 is 30.4 Å². The molecule has 148 valence electrons. The maximum atomic E-state index is 13.0. The molecule has 1 aliphatic carbocycles. The topological polar surface area (TPSA) is 75.6 Å². The molecule has 3 rings (SSSR count). The van der Waals surface area contributed by atoms with Gasteiger partial charge >= 0.3 is 12.1 Å². The molecule has 2 aromatic carbocycles. The number of rotatable bonds is 7. The Morgan fingerprint density at radius 1 is 1.11 bits per heavy atom. The van der Waals surface area contributed by atoms with Gasteiger partial charge in [-0.25, -0.2) is 18.4 Å². The summed E-state index contributed by atoms with van der Waals surface area (Å²) in [6, 6.07) is 14.2. The average molecular weight is 389 g/mol. The summed E-state index contributed by atoms with van der Waals surface area (Å²) in [5.74, 6) is -4.55. The Morgan fingerprint density at radius 3 is 2.14 bits per heavy atom. The van der Waals surface area contributed by atoms with Gasteiger partial charge in [0, 0.05) is 12.3 Å². The third kappa shape index (κ3) is 4.47. The Morgan fingerprint density at radius 2 is 1.64 bits per heavy atom. The van der Waals surface area contributed by atoms with Crippen molar-refractivity contribution >= 4 is 12.1 Å². The SMILES string of the molecule is CC(F)(F)CC[C@H](NC(=O)OCC1c2ccccc2-c2ccccc21)C(=O)O. The molecule has 1 aliphatic rings. The Balaban J connectivity index is 1.65. The van der Waals surface area contributed by atoms with Gasteiger partial charge in [-0.2, -0.15) is 0 Å². The molecule has 0 bridgehead atoms. The maximum Gasteiger partial charge on any atom is 0.407 e. The van der Waals surface area contributed by atoms with Crippen LogP contribution in [0.1, 0.15) is 36.8 Å². The molecule has 28 heavy (non-hydrogen) atoms. The van der Waals surface area contributed by atoms with Gasteiger partial charge in [0.15, 0.2) is 0 Å². The highest BCUT2D eigenvalue weighted by molar-refractivity contribution is 5.81. The van der Waals surface area contributed by atoms with Gasteiger partial charge in [-0.1, -0.05) is 48.5 Å². The number of carboxylic acids is 1. The molecule has 0 saturated carbocycles. The van der Waals surface area contributed by atoms with Crippen molar-refractivity contribution in [2.45, 2.75) is 37.6 Å². The van der Waals surface area contributed by atoms with Crippen LogP contribution in [0.4, 0.5) is 13.6 Å². The molecule has 0 fully saturated rings. The van der Waals surface area contributed by atoms with Crippen molar-refractivity contribution in [1.29, 1.82) is 0 Å². The van der Waals surface area contributed by atoms with Crippen LogP contribution in [0.2, 0.25) is 0 Å². The van der Waals surface area contributed by atoms with E-state index in [9.17, 15) is 18.4 Å². The monoisotopic (exact) mass is 389 g/mol. The zero-order valence-electron chi connectivity index (χ0n) is 15.3. The van der Waals surface area contributed by atoms with Gasteiger partial charge in [-0.15, -0.1) is 0 Å². The Labute approximate surface area is 161 Å². The Hall–Kier alpha value is -2.96. The third-order valence-corrected chi connectivity index (χ3v) is 4.81. The molecular weight excluding hydrogens is 368 g/mol. The molecule has 0 radical (unpaired) electrons. The van der Waals surface area contributed by atoms with Crippen molar-refractivity contribution in [3.8, 4) is 11.1 Å². The van der Waals surface area contributed by atoms with Gasteiger partial charge in [0.1, 0.15) is 12.6 Å². The minimum absolute atomic E-state index is 0.0239. The van der Waals surface area contributed by atoms with Crippen molar-refractivity contribution < 1.29 is 28.2 Å². The fourth-order valence-corrected chi connectivity index (χ4v) is 3.44. The van der Waals surface area contributed by atoms with E-state index in [2.05, 4.69) is 5.32 Å². The number of halogens is 2. The van der Waals surface area contributed by atoms with Gasteiger partial charge in [0.05, 0.1) is 0 Å². The lowest BCUT2D eigenvalue weighted by atomic mass is 9.98. The summed E-state index contributed by atoms with van der Waals surface area (Å²) >= 11 is 0. The zero-order chi connectivity index (χ0) is 20.3. The van der Waals surface area contributed by atoms with E-state index in [4.69, 9.17) is 9.84 Å². The zero-order valence-corrected chi connectivity index (χ0v) is 15.3. The number of carbonyl (C=O) groups excluding carboxylic acids is 1. The lowest BCUT2D eigenvalue weighted by molar-refractivity contribution is -0.139. The predicted octanol–water partition coefficient (Wildman–Crippen LogP) is 4.41. The highest BCUT2D eigenvalue weighted by atomic mass is 19.3. The Kier molecular flexibility index (Phi) is 5.63. The number of alkyl carbamates (subject to hydrolysis) is 1. The van der Waals surface area contributed by atoms with Crippen LogP contribution in [-0.2, 0) is 9.53 Å². The summed E-state index contributed by atoms with van der Waals surface area (Å²) in [6.45, 7) is 0.731. The lowest BCUT2D eigenvalue weighted by Crippen LogP contribution is -2.42. The standard InChI is InChI=1S/C21H21F2NO4/c1-21(22,23)11-10-18(19(25)26)24-20(27)28-12-17-15-8-4-2-6-13(15)14-7-3-5-9-16(14)17/h2-9,17-18H,10-12H2,1H3,(H,24,27)(H,25,26)/t18-/m0/s1. The fourth-order valence-electron chi connectivity index (χ4n) is 3.44. The van der Waals surface area contributed by atoms with Gasteiger partial charge < -0.3 is 15.2 Å². The second kappa shape index (κ2) is 7.96. The maximum absolute atomic E-state index is 13.0. The highest BCUT2D eigenvalue weighted by Gasteiger charge is 2.30. The number of fused-ring (bicyclic) bond motifs is 3. The van der Waals surface area contributed by atoms with Crippen LogP contribution in [0.15, 0.2) is 48.5 Å². The number of hydrogen-bond donors (Lipinski definition) is 2. The van der Waals surface area contributed by atoms with Crippen molar-refractivity contribution in [3.05, 3.63) is 59.7 Å². The first kappa shape index (κ1) is 19.8.